The number of hydrogen-bond acceptors (Lipinski definition) is 3. The summed E-state index contributed by atoms with van der Waals surface area (Å²) in [5, 5.41) is 7.34. The summed E-state index contributed by atoms with van der Waals surface area (Å²) in [5.41, 5.74) is 5.35. The fourth-order valence-corrected chi connectivity index (χ4v) is 2.96. The van der Waals surface area contributed by atoms with Gasteiger partial charge >= 0.3 is 0 Å². The zero-order valence-corrected chi connectivity index (χ0v) is 12.0. The second-order valence-electron chi connectivity index (χ2n) is 5.54. The normalized spacial score (nSPS) is 14.6. The molecular weight excluding hydrogens is 238 g/mol. The van der Waals surface area contributed by atoms with Crippen molar-refractivity contribution in [3.63, 3.8) is 0 Å². The lowest BCUT2D eigenvalue weighted by Gasteiger charge is -2.20. The first-order valence-electron chi connectivity index (χ1n) is 5.91. The van der Waals surface area contributed by atoms with E-state index in [2.05, 4.69) is 4.72 Å². The van der Waals surface area contributed by atoms with Crippen LogP contribution in [0.5, 0.6) is 0 Å². The highest BCUT2D eigenvalue weighted by Crippen LogP contribution is 2.19. The van der Waals surface area contributed by atoms with Gasteiger partial charge in [0.2, 0.25) is 10.0 Å². The molecule has 0 saturated carbocycles. The highest BCUT2D eigenvalue weighted by atomic mass is 32.2. The number of sulfonamides is 1. The standard InChI is InChI=1S/C11H25N3O2S/c1-5-6-9(10(12)13)14-17(15,16)8-7-11(2,3)4/h9,14H,5-8H2,1-4H3,(H3,12,13). The van der Waals surface area contributed by atoms with Crippen molar-refractivity contribution in [3.05, 3.63) is 0 Å². The van der Waals surface area contributed by atoms with Gasteiger partial charge in [-0.15, -0.1) is 0 Å². The van der Waals surface area contributed by atoms with Gasteiger partial charge in [0.25, 0.3) is 0 Å². The van der Waals surface area contributed by atoms with E-state index in [0.717, 1.165) is 6.42 Å². The molecule has 0 fully saturated rings. The van der Waals surface area contributed by atoms with Crippen LogP contribution in [0.25, 0.3) is 0 Å². The fourth-order valence-electron chi connectivity index (χ4n) is 1.28. The Morgan fingerprint density at radius 1 is 1.41 bits per heavy atom. The molecule has 1 unspecified atom stereocenters. The molecule has 102 valence electrons. The first-order chi connectivity index (χ1) is 7.57. The molecule has 1 atom stereocenters. The van der Waals surface area contributed by atoms with E-state index >= 15 is 0 Å². The molecule has 0 heterocycles. The van der Waals surface area contributed by atoms with Crippen molar-refractivity contribution in [2.75, 3.05) is 5.75 Å². The van der Waals surface area contributed by atoms with E-state index in [-0.39, 0.29) is 17.0 Å². The molecule has 17 heavy (non-hydrogen) atoms. The van der Waals surface area contributed by atoms with Crippen LogP contribution in [-0.4, -0.2) is 26.0 Å². The van der Waals surface area contributed by atoms with Gasteiger partial charge < -0.3 is 5.73 Å². The molecule has 0 aromatic rings. The Balaban J connectivity index is 4.46. The van der Waals surface area contributed by atoms with E-state index in [1.807, 2.05) is 27.7 Å². The molecule has 0 amide bonds. The number of nitrogens with one attached hydrogen (secondary N) is 2. The van der Waals surface area contributed by atoms with E-state index in [0.29, 0.717) is 12.8 Å². The topological polar surface area (TPSA) is 96.0 Å². The van der Waals surface area contributed by atoms with Gasteiger partial charge in [-0.1, -0.05) is 34.1 Å². The van der Waals surface area contributed by atoms with Crippen molar-refractivity contribution in [1.29, 1.82) is 5.41 Å². The fraction of sp³-hybridized carbons (Fsp3) is 0.909. The largest absolute Gasteiger partial charge is 0.386 e. The SMILES string of the molecule is CCCC(NS(=O)(=O)CCC(C)(C)C)C(=N)N. The van der Waals surface area contributed by atoms with E-state index in [1.54, 1.807) is 0 Å². The highest BCUT2D eigenvalue weighted by molar-refractivity contribution is 7.89. The van der Waals surface area contributed by atoms with Crippen LogP contribution in [0, 0.1) is 10.8 Å². The Bertz CT molecular complexity index is 344. The third kappa shape index (κ3) is 8.15. The van der Waals surface area contributed by atoms with Gasteiger partial charge in [0, 0.05) is 0 Å². The van der Waals surface area contributed by atoms with Gasteiger partial charge in [-0.25, -0.2) is 13.1 Å². The minimum atomic E-state index is -3.35. The molecule has 0 rings (SSSR count). The quantitative estimate of drug-likeness (QED) is 0.479. The monoisotopic (exact) mass is 263 g/mol. The van der Waals surface area contributed by atoms with Crippen LogP contribution >= 0.6 is 0 Å². The summed E-state index contributed by atoms with van der Waals surface area (Å²) in [6.07, 6.45) is 1.93. The van der Waals surface area contributed by atoms with Gasteiger partial charge in [0.05, 0.1) is 11.8 Å². The summed E-state index contributed by atoms with van der Waals surface area (Å²) in [6.45, 7) is 7.92. The van der Waals surface area contributed by atoms with Crippen molar-refractivity contribution in [2.24, 2.45) is 11.1 Å². The highest BCUT2D eigenvalue weighted by Gasteiger charge is 2.22. The van der Waals surface area contributed by atoms with Crippen LogP contribution in [0.2, 0.25) is 0 Å². The second-order valence-corrected chi connectivity index (χ2v) is 7.42. The van der Waals surface area contributed by atoms with Crippen molar-refractivity contribution in [3.8, 4) is 0 Å². The lowest BCUT2D eigenvalue weighted by Crippen LogP contribution is -2.45. The Hall–Kier alpha value is -0.620. The predicted molar refractivity (Wildman–Crippen MR) is 71.6 cm³/mol. The van der Waals surface area contributed by atoms with Crippen LogP contribution < -0.4 is 10.5 Å². The van der Waals surface area contributed by atoms with Crippen LogP contribution in [0.3, 0.4) is 0 Å². The Morgan fingerprint density at radius 2 is 1.94 bits per heavy atom. The van der Waals surface area contributed by atoms with E-state index < -0.39 is 16.1 Å². The van der Waals surface area contributed by atoms with Crippen molar-refractivity contribution in [1.82, 2.24) is 4.72 Å². The summed E-state index contributed by atoms with van der Waals surface area (Å²) < 4.78 is 26.1. The Kier molecular flexibility index (Phi) is 6.12. The predicted octanol–water partition coefficient (Wildman–Crippen LogP) is 1.45. The number of hydrogen-bond donors (Lipinski definition) is 3. The minimum absolute atomic E-state index is 0.0226. The molecular formula is C11H25N3O2S. The maximum Gasteiger partial charge on any atom is 0.212 e. The molecule has 0 aliphatic rings. The first kappa shape index (κ1) is 16.4. The molecule has 0 aliphatic heterocycles. The van der Waals surface area contributed by atoms with E-state index in [1.165, 1.54) is 0 Å². The first-order valence-corrected chi connectivity index (χ1v) is 7.56. The Morgan fingerprint density at radius 3 is 2.29 bits per heavy atom. The van der Waals surface area contributed by atoms with Crippen molar-refractivity contribution in [2.45, 2.75) is 53.0 Å². The minimum Gasteiger partial charge on any atom is -0.386 e. The zero-order valence-electron chi connectivity index (χ0n) is 11.2. The maximum atomic E-state index is 11.8. The average Bonchev–Trinajstić information content (AvgIpc) is 2.13. The number of nitrogens with two attached hydrogens (primary N) is 1. The molecule has 6 heteroatoms. The molecule has 0 radical (unpaired) electrons. The average molecular weight is 263 g/mol. The van der Waals surface area contributed by atoms with Crippen LogP contribution in [-0.2, 0) is 10.0 Å². The maximum absolute atomic E-state index is 11.8. The summed E-state index contributed by atoms with van der Waals surface area (Å²) >= 11 is 0. The molecule has 0 aliphatic carbocycles. The molecule has 4 N–H and O–H groups in total. The summed E-state index contributed by atoms with van der Waals surface area (Å²) in [6, 6.07) is -0.565. The van der Waals surface area contributed by atoms with Crippen LogP contribution in [0.4, 0.5) is 0 Å². The van der Waals surface area contributed by atoms with Gasteiger partial charge in [0.1, 0.15) is 5.84 Å². The molecule has 0 bridgehead atoms. The number of amidine groups is 1. The van der Waals surface area contributed by atoms with Gasteiger partial charge in [-0.05, 0) is 18.3 Å². The molecule has 0 saturated heterocycles. The van der Waals surface area contributed by atoms with E-state index in [9.17, 15) is 8.42 Å². The lowest BCUT2D eigenvalue weighted by atomic mass is 9.94. The Labute approximate surface area is 105 Å². The molecule has 0 aromatic carbocycles. The van der Waals surface area contributed by atoms with Gasteiger partial charge in [0.15, 0.2) is 0 Å². The summed E-state index contributed by atoms with van der Waals surface area (Å²) in [7, 11) is -3.35. The summed E-state index contributed by atoms with van der Waals surface area (Å²) in [5.74, 6) is -0.0459. The molecule has 0 aromatic heterocycles. The second kappa shape index (κ2) is 6.35. The third-order valence-corrected chi connectivity index (χ3v) is 3.78. The number of rotatable bonds is 7. The third-order valence-electron chi connectivity index (χ3n) is 2.40. The van der Waals surface area contributed by atoms with E-state index in [4.69, 9.17) is 11.1 Å². The van der Waals surface area contributed by atoms with Crippen LogP contribution in [0.15, 0.2) is 0 Å². The summed E-state index contributed by atoms with van der Waals surface area (Å²) in [4.78, 5) is 0. The zero-order chi connectivity index (χ0) is 13.7. The van der Waals surface area contributed by atoms with Gasteiger partial charge in [-0.2, -0.15) is 0 Å². The molecule has 5 nitrogen and oxygen atoms in total. The smallest absolute Gasteiger partial charge is 0.212 e. The van der Waals surface area contributed by atoms with Crippen molar-refractivity contribution < 1.29 is 8.42 Å². The lowest BCUT2D eigenvalue weighted by molar-refractivity contribution is 0.396. The van der Waals surface area contributed by atoms with Gasteiger partial charge in [-0.3, -0.25) is 5.41 Å². The van der Waals surface area contributed by atoms with Crippen molar-refractivity contribution >= 4 is 15.9 Å². The molecule has 0 spiro atoms. The van der Waals surface area contributed by atoms with Crippen LogP contribution in [0.1, 0.15) is 47.0 Å².